The van der Waals surface area contributed by atoms with Crippen LogP contribution in [0.5, 0.6) is 0 Å². The molecule has 0 aliphatic rings. The molecule has 1 unspecified atom stereocenters. The molecule has 0 saturated carbocycles. The Kier molecular flexibility index (Phi) is 4.12. The Labute approximate surface area is 116 Å². The fourth-order valence-electron chi connectivity index (χ4n) is 1.65. The van der Waals surface area contributed by atoms with Crippen LogP contribution >= 0.6 is 11.6 Å². The molecule has 0 aliphatic carbocycles. The summed E-state index contributed by atoms with van der Waals surface area (Å²) in [5.74, 6) is 1.55. The summed E-state index contributed by atoms with van der Waals surface area (Å²) in [5, 5.41) is 6.15. The first-order valence-electron chi connectivity index (χ1n) is 5.94. The molecule has 1 aromatic carbocycles. The molecule has 5 heteroatoms. The molecule has 0 aliphatic heterocycles. The molecule has 0 spiro atoms. The van der Waals surface area contributed by atoms with E-state index in [1.807, 2.05) is 26.0 Å². The Morgan fingerprint density at radius 3 is 2.47 bits per heavy atom. The maximum absolute atomic E-state index is 11.8. The van der Waals surface area contributed by atoms with Crippen LogP contribution < -0.4 is 10.6 Å². The van der Waals surface area contributed by atoms with Gasteiger partial charge in [-0.3, -0.25) is 0 Å². The fraction of sp³-hybridized carbons (Fsp3) is 0.214. The maximum atomic E-state index is 11.8. The molecule has 0 bridgehead atoms. The summed E-state index contributed by atoms with van der Waals surface area (Å²) in [6, 6.07) is 10.2. The zero-order valence-corrected chi connectivity index (χ0v) is 11.5. The van der Waals surface area contributed by atoms with Crippen molar-refractivity contribution in [2.75, 3.05) is 5.32 Å². The molecule has 2 aromatic rings. The van der Waals surface area contributed by atoms with Crippen LogP contribution in [-0.2, 0) is 0 Å². The van der Waals surface area contributed by atoms with E-state index >= 15 is 0 Å². The number of anilines is 1. The van der Waals surface area contributed by atoms with Crippen LogP contribution in [0.2, 0.25) is 5.02 Å². The normalized spacial score (nSPS) is 11.9. The standard InChI is InChI=1S/C14H15ClN2O2/c1-9-3-8-13(19-9)10(2)16-14(18)17-12-6-4-11(15)5-7-12/h3-8,10H,1-2H3,(H2,16,17,18). The van der Waals surface area contributed by atoms with Gasteiger partial charge in [-0.15, -0.1) is 0 Å². The van der Waals surface area contributed by atoms with Gasteiger partial charge in [-0.1, -0.05) is 11.6 Å². The molecule has 0 saturated heterocycles. The van der Waals surface area contributed by atoms with Gasteiger partial charge in [-0.25, -0.2) is 4.79 Å². The highest BCUT2D eigenvalue weighted by Crippen LogP contribution is 2.16. The molecule has 0 radical (unpaired) electrons. The average molecular weight is 279 g/mol. The number of carbonyl (C=O) groups is 1. The Hall–Kier alpha value is -1.94. The number of amides is 2. The number of benzene rings is 1. The molecular formula is C14H15ClN2O2. The van der Waals surface area contributed by atoms with Gasteiger partial charge in [0, 0.05) is 10.7 Å². The van der Waals surface area contributed by atoms with Crippen LogP contribution in [0, 0.1) is 6.92 Å². The summed E-state index contributed by atoms with van der Waals surface area (Å²) in [7, 11) is 0. The largest absolute Gasteiger partial charge is 0.464 e. The van der Waals surface area contributed by atoms with E-state index in [0.717, 1.165) is 11.5 Å². The van der Waals surface area contributed by atoms with Crippen molar-refractivity contribution in [3.63, 3.8) is 0 Å². The smallest absolute Gasteiger partial charge is 0.319 e. The summed E-state index contributed by atoms with van der Waals surface area (Å²) in [6.07, 6.45) is 0. The molecule has 1 aromatic heterocycles. The second-order valence-corrected chi connectivity index (χ2v) is 4.71. The van der Waals surface area contributed by atoms with Crippen molar-refractivity contribution in [2.24, 2.45) is 0 Å². The number of carbonyl (C=O) groups excluding carboxylic acids is 1. The molecule has 2 N–H and O–H groups in total. The highest BCUT2D eigenvalue weighted by molar-refractivity contribution is 6.30. The predicted molar refractivity (Wildman–Crippen MR) is 75.5 cm³/mol. The second kappa shape index (κ2) is 5.80. The van der Waals surface area contributed by atoms with Gasteiger partial charge >= 0.3 is 6.03 Å². The summed E-state index contributed by atoms with van der Waals surface area (Å²) >= 11 is 5.77. The lowest BCUT2D eigenvalue weighted by atomic mass is 10.2. The molecule has 100 valence electrons. The third kappa shape index (κ3) is 3.76. The number of rotatable bonds is 3. The Balaban J connectivity index is 1.92. The van der Waals surface area contributed by atoms with Crippen molar-refractivity contribution in [1.82, 2.24) is 5.32 Å². The van der Waals surface area contributed by atoms with E-state index in [1.54, 1.807) is 24.3 Å². The van der Waals surface area contributed by atoms with Gasteiger partial charge in [0.15, 0.2) is 0 Å². The molecular weight excluding hydrogens is 264 g/mol. The Morgan fingerprint density at radius 2 is 1.89 bits per heavy atom. The zero-order valence-electron chi connectivity index (χ0n) is 10.7. The number of hydrogen-bond donors (Lipinski definition) is 2. The first-order valence-corrected chi connectivity index (χ1v) is 6.32. The highest BCUT2D eigenvalue weighted by Gasteiger charge is 2.12. The van der Waals surface area contributed by atoms with Crippen molar-refractivity contribution in [3.8, 4) is 0 Å². The monoisotopic (exact) mass is 278 g/mol. The first-order chi connectivity index (χ1) is 9.04. The lowest BCUT2D eigenvalue weighted by Crippen LogP contribution is -2.30. The summed E-state index contributed by atoms with van der Waals surface area (Å²) in [5.41, 5.74) is 0.685. The number of hydrogen-bond acceptors (Lipinski definition) is 2. The highest BCUT2D eigenvalue weighted by atomic mass is 35.5. The lowest BCUT2D eigenvalue weighted by Gasteiger charge is -2.12. The molecule has 2 rings (SSSR count). The minimum Gasteiger partial charge on any atom is -0.464 e. The Morgan fingerprint density at radius 1 is 1.21 bits per heavy atom. The third-order valence-corrected chi connectivity index (χ3v) is 2.89. The number of halogens is 1. The van der Waals surface area contributed by atoms with Crippen molar-refractivity contribution < 1.29 is 9.21 Å². The van der Waals surface area contributed by atoms with Gasteiger partial charge in [0.2, 0.25) is 0 Å². The van der Waals surface area contributed by atoms with Gasteiger partial charge in [-0.2, -0.15) is 0 Å². The zero-order chi connectivity index (χ0) is 13.8. The van der Waals surface area contributed by atoms with Crippen LogP contribution in [0.15, 0.2) is 40.8 Å². The van der Waals surface area contributed by atoms with Crippen LogP contribution in [0.1, 0.15) is 24.5 Å². The summed E-state index contributed by atoms with van der Waals surface area (Å²) in [6.45, 7) is 3.73. The van der Waals surface area contributed by atoms with E-state index < -0.39 is 0 Å². The van der Waals surface area contributed by atoms with Crippen molar-refractivity contribution in [2.45, 2.75) is 19.9 Å². The minimum atomic E-state index is -0.288. The molecule has 1 heterocycles. The molecule has 4 nitrogen and oxygen atoms in total. The van der Waals surface area contributed by atoms with E-state index in [0.29, 0.717) is 10.7 Å². The number of furan rings is 1. The van der Waals surface area contributed by atoms with E-state index in [4.69, 9.17) is 16.0 Å². The third-order valence-electron chi connectivity index (χ3n) is 2.64. The van der Waals surface area contributed by atoms with Gasteiger partial charge < -0.3 is 15.1 Å². The van der Waals surface area contributed by atoms with E-state index in [1.165, 1.54) is 0 Å². The minimum absolute atomic E-state index is 0.194. The molecule has 0 fully saturated rings. The van der Waals surface area contributed by atoms with Gasteiger partial charge in [-0.05, 0) is 50.2 Å². The van der Waals surface area contributed by atoms with Crippen LogP contribution in [0.25, 0.3) is 0 Å². The SMILES string of the molecule is Cc1ccc(C(C)NC(=O)Nc2ccc(Cl)cc2)o1. The van der Waals surface area contributed by atoms with Crippen molar-refractivity contribution in [3.05, 3.63) is 52.9 Å². The van der Waals surface area contributed by atoms with Crippen molar-refractivity contribution >= 4 is 23.3 Å². The van der Waals surface area contributed by atoms with Gasteiger partial charge in [0.1, 0.15) is 11.5 Å². The summed E-state index contributed by atoms with van der Waals surface area (Å²) in [4.78, 5) is 11.8. The second-order valence-electron chi connectivity index (χ2n) is 4.28. The van der Waals surface area contributed by atoms with Gasteiger partial charge in [0.05, 0.1) is 6.04 Å². The predicted octanol–water partition coefficient (Wildman–Crippen LogP) is 4.12. The summed E-state index contributed by atoms with van der Waals surface area (Å²) < 4.78 is 5.45. The lowest BCUT2D eigenvalue weighted by molar-refractivity contribution is 0.247. The fourth-order valence-corrected chi connectivity index (χ4v) is 1.78. The number of aryl methyl sites for hydroxylation is 1. The molecule has 19 heavy (non-hydrogen) atoms. The maximum Gasteiger partial charge on any atom is 0.319 e. The quantitative estimate of drug-likeness (QED) is 0.887. The van der Waals surface area contributed by atoms with E-state index in [2.05, 4.69) is 10.6 Å². The average Bonchev–Trinajstić information content (AvgIpc) is 2.79. The molecule has 1 atom stereocenters. The molecule has 2 amide bonds. The van der Waals surface area contributed by atoms with Crippen LogP contribution in [0.3, 0.4) is 0 Å². The van der Waals surface area contributed by atoms with Gasteiger partial charge in [0.25, 0.3) is 0 Å². The number of urea groups is 1. The first kappa shape index (κ1) is 13.5. The van der Waals surface area contributed by atoms with Crippen LogP contribution in [0.4, 0.5) is 10.5 Å². The van der Waals surface area contributed by atoms with E-state index in [-0.39, 0.29) is 12.1 Å². The number of nitrogens with one attached hydrogen (secondary N) is 2. The van der Waals surface area contributed by atoms with Crippen LogP contribution in [-0.4, -0.2) is 6.03 Å². The van der Waals surface area contributed by atoms with E-state index in [9.17, 15) is 4.79 Å². The van der Waals surface area contributed by atoms with Crippen molar-refractivity contribution in [1.29, 1.82) is 0 Å². The Bertz CT molecular complexity index is 563. The topological polar surface area (TPSA) is 54.3 Å².